The lowest BCUT2D eigenvalue weighted by molar-refractivity contribution is -0.140. The summed E-state index contributed by atoms with van der Waals surface area (Å²) in [6.45, 7) is 2.31. The molecule has 11 heteroatoms. The first-order valence-electron chi connectivity index (χ1n) is 14.8. The lowest BCUT2D eigenvalue weighted by Gasteiger charge is -2.47. The van der Waals surface area contributed by atoms with Crippen LogP contribution in [0.1, 0.15) is 64.2 Å². The number of hydrogen-bond donors (Lipinski definition) is 5. The summed E-state index contributed by atoms with van der Waals surface area (Å²) >= 11 is 0. The molecule has 2 amide bonds. The third-order valence-corrected chi connectivity index (χ3v) is 9.94. The zero-order valence-electron chi connectivity index (χ0n) is 22.6. The average Bonchev–Trinajstić information content (AvgIpc) is 3.14. The number of alkyl halides is 2. The minimum atomic E-state index is -1.22. The second-order valence-corrected chi connectivity index (χ2v) is 12.6. The van der Waals surface area contributed by atoms with Crippen molar-refractivity contribution in [3.63, 3.8) is 0 Å². The number of rotatable bonds is 5. The van der Waals surface area contributed by atoms with Crippen molar-refractivity contribution in [2.45, 2.75) is 107 Å². The van der Waals surface area contributed by atoms with Gasteiger partial charge in [-0.2, -0.15) is 0 Å². The lowest BCUT2D eigenvalue weighted by Crippen LogP contribution is -2.70. The Morgan fingerprint density at radius 1 is 1.05 bits per heavy atom. The van der Waals surface area contributed by atoms with Crippen molar-refractivity contribution in [2.24, 2.45) is 22.8 Å². The fraction of sp³-hybridized carbons (Fsp3) is 0.926. The van der Waals surface area contributed by atoms with Crippen LogP contribution >= 0.6 is 0 Å². The molecular formula is C27H47F2N7O2. The maximum absolute atomic E-state index is 15.4. The summed E-state index contributed by atoms with van der Waals surface area (Å²) < 4.78 is 30.3. The molecule has 1 saturated carbocycles. The first-order valence-corrected chi connectivity index (χ1v) is 14.8. The molecule has 5 aliphatic rings. The smallest absolute Gasteiger partial charge is 0.237 e. The second-order valence-electron chi connectivity index (χ2n) is 12.6. The largest absolute Gasteiger partial charge is 0.350 e. The van der Waals surface area contributed by atoms with E-state index in [0.29, 0.717) is 25.9 Å². The molecular weight excluding hydrogens is 492 g/mol. The van der Waals surface area contributed by atoms with Crippen molar-refractivity contribution in [1.29, 1.82) is 0 Å². The van der Waals surface area contributed by atoms with Crippen molar-refractivity contribution in [1.82, 2.24) is 25.8 Å². The molecule has 0 aromatic heterocycles. The number of nitrogens with zero attached hydrogens (tertiary/aromatic N) is 2. The van der Waals surface area contributed by atoms with E-state index in [-0.39, 0.29) is 48.9 Å². The number of halogens is 2. The maximum atomic E-state index is 15.4. The molecule has 0 aromatic rings. The summed E-state index contributed by atoms with van der Waals surface area (Å²) in [4.78, 5) is 30.5. The molecule has 0 bridgehead atoms. The third kappa shape index (κ3) is 6.01. The summed E-state index contributed by atoms with van der Waals surface area (Å²) in [6, 6.07) is -1.38. The molecule has 5 fully saturated rings. The molecule has 0 aromatic carbocycles. The number of nitrogens with two attached hydrogens (primary N) is 2. The van der Waals surface area contributed by atoms with E-state index in [1.807, 2.05) is 9.80 Å². The van der Waals surface area contributed by atoms with Crippen LogP contribution in [0.2, 0.25) is 0 Å². The Kier molecular flexibility index (Phi) is 8.88. The fourth-order valence-electron chi connectivity index (χ4n) is 8.16. The molecule has 216 valence electrons. The minimum absolute atomic E-state index is 0.0357. The monoisotopic (exact) mass is 539 g/mol. The Bertz CT molecular complexity index is 840. The zero-order valence-corrected chi connectivity index (χ0v) is 22.6. The summed E-state index contributed by atoms with van der Waals surface area (Å²) in [7, 11) is 0. The van der Waals surface area contributed by atoms with Crippen molar-refractivity contribution in [3.8, 4) is 0 Å². The van der Waals surface area contributed by atoms with Gasteiger partial charge in [-0.15, -0.1) is 0 Å². The van der Waals surface area contributed by atoms with Crippen LogP contribution in [0.5, 0.6) is 0 Å². The van der Waals surface area contributed by atoms with E-state index in [4.69, 9.17) is 11.5 Å². The molecule has 1 spiro atoms. The summed E-state index contributed by atoms with van der Waals surface area (Å²) in [5.41, 5.74) is 12.3. The minimum Gasteiger partial charge on any atom is -0.350 e. The average molecular weight is 540 g/mol. The first-order chi connectivity index (χ1) is 18.3. The van der Waals surface area contributed by atoms with Crippen molar-refractivity contribution in [2.75, 3.05) is 39.3 Å². The Balaban J connectivity index is 1.32. The zero-order chi connectivity index (χ0) is 26.9. The van der Waals surface area contributed by atoms with E-state index < -0.39 is 36.5 Å². The predicted molar refractivity (Wildman–Crippen MR) is 142 cm³/mol. The Morgan fingerprint density at radius 2 is 1.82 bits per heavy atom. The third-order valence-electron chi connectivity index (χ3n) is 9.94. The second kappa shape index (κ2) is 12.0. The number of amides is 2. The molecule has 38 heavy (non-hydrogen) atoms. The van der Waals surface area contributed by atoms with Crippen molar-refractivity contribution < 1.29 is 18.4 Å². The summed E-state index contributed by atoms with van der Waals surface area (Å²) in [5, 5.41) is 9.47. The van der Waals surface area contributed by atoms with Gasteiger partial charge in [0, 0.05) is 44.8 Å². The van der Waals surface area contributed by atoms with Gasteiger partial charge in [0.15, 0.2) is 0 Å². The predicted octanol–water partition coefficient (Wildman–Crippen LogP) is 0.378. The van der Waals surface area contributed by atoms with E-state index >= 15 is 4.39 Å². The topological polar surface area (TPSA) is 129 Å². The summed E-state index contributed by atoms with van der Waals surface area (Å²) in [6.07, 6.45) is 6.32. The van der Waals surface area contributed by atoms with E-state index in [2.05, 4.69) is 16.0 Å². The molecule has 0 radical (unpaired) electrons. The standard InChI is InChI=1S/C27H47F2N7O2/c28-17-10-27(7-3-1-2-4-8-27)11-20(33-12-17)23(25(30)31)26(38)34-21-14-32-13-19(29)24(21)35-15-18-6-5-9-36(18)22(37)16-35/h17-21,23-25,32-33H,1-16,30-31H2,(H,34,38). The molecule has 9 nitrogen and oxygen atoms in total. The molecule has 4 aliphatic heterocycles. The molecule has 7 atom stereocenters. The maximum Gasteiger partial charge on any atom is 0.237 e. The van der Waals surface area contributed by atoms with Crippen LogP contribution in [-0.4, -0.2) is 104 Å². The van der Waals surface area contributed by atoms with E-state index in [1.165, 1.54) is 0 Å². The quantitative estimate of drug-likeness (QED) is 0.320. The number of hydrogen-bond acceptors (Lipinski definition) is 7. The Labute approximate surface area is 225 Å². The van der Waals surface area contributed by atoms with Crippen LogP contribution in [0.15, 0.2) is 0 Å². The summed E-state index contributed by atoms with van der Waals surface area (Å²) in [5.74, 6) is -1.06. The van der Waals surface area contributed by atoms with Crippen LogP contribution in [0.3, 0.4) is 0 Å². The number of nitrogens with one attached hydrogen (secondary N) is 3. The van der Waals surface area contributed by atoms with Crippen molar-refractivity contribution in [3.05, 3.63) is 0 Å². The van der Waals surface area contributed by atoms with Gasteiger partial charge in [0.05, 0.1) is 30.7 Å². The molecule has 1 aliphatic carbocycles. The van der Waals surface area contributed by atoms with Gasteiger partial charge >= 0.3 is 0 Å². The van der Waals surface area contributed by atoms with Crippen LogP contribution in [0.4, 0.5) is 8.78 Å². The normalized spacial score (nSPS) is 37.5. The van der Waals surface area contributed by atoms with Crippen molar-refractivity contribution >= 4 is 11.8 Å². The molecule has 4 heterocycles. The van der Waals surface area contributed by atoms with Crippen LogP contribution in [0.25, 0.3) is 0 Å². The van der Waals surface area contributed by atoms with E-state index in [1.54, 1.807) is 0 Å². The molecule has 7 N–H and O–H groups in total. The Hall–Kier alpha value is -1.40. The van der Waals surface area contributed by atoms with Gasteiger partial charge in [-0.05, 0) is 43.9 Å². The number of piperidine rings is 1. The number of piperazine rings is 1. The first kappa shape index (κ1) is 28.1. The number of carbonyl (C=O) groups excluding carboxylic acids is 2. The van der Waals surface area contributed by atoms with Gasteiger partial charge < -0.3 is 32.3 Å². The van der Waals surface area contributed by atoms with Crippen LogP contribution in [0, 0.1) is 11.3 Å². The lowest BCUT2D eigenvalue weighted by atomic mass is 9.70. The highest BCUT2D eigenvalue weighted by atomic mass is 19.1. The number of fused-ring (bicyclic) bond motifs is 1. The SMILES string of the molecule is NC(N)C(C(=O)NC1CNCC(F)C1N1CC(=O)N2CCCC2C1)C1CC2(CCCCCC2)CC(F)CN1. The molecule has 7 unspecified atom stereocenters. The van der Waals surface area contributed by atoms with Crippen LogP contribution in [-0.2, 0) is 9.59 Å². The van der Waals surface area contributed by atoms with Gasteiger partial charge in [0.25, 0.3) is 0 Å². The van der Waals surface area contributed by atoms with Gasteiger partial charge in [0.1, 0.15) is 12.3 Å². The highest BCUT2D eigenvalue weighted by Gasteiger charge is 2.47. The van der Waals surface area contributed by atoms with E-state index in [9.17, 15) is 14.0 Å². The number of carbonyl (C=O) groups is 2. The van der Waals surface area contributed by atoms with Gasteiger partial charge in [-0.1, -0.05) is 25.7 Å². The highest BCUT2D eigenvalue weighted by Crippen LogP contribution is 2.45. The van der Waals surface area contributed by atoms with Gasteiger partial charge in [0.2, 0.25) is 11.8 Å². The fourth-order valence-corrected chi connectivity index (χ4v) is 8.16. The molecule has 5 rings (SSSR count). The highest BCUT2D eigenvalue weighted by molar-refractivity contribution is 5.81. The van der Waals surface area contributed by atoms with Crippen LogP contribution < -0.4 is 27.4 Å². The van der Waals surface area contributed by atoms with Gasteiger partial charge in [-0.3, -0.25) is 14.5 Å². The molecule has 4 saturated heterocycles. The Morgan fingerprint density at radius 3 is 2.55 bits per heavy atom. The van der Waals surface area contributed by atoms with E-state index in [0.717, 1.165) is 57.9 Å². The van der Waals surface area contributed by atoms with Gasteiger partial charge in [-0.25, -0.2) is 8.78 Å².